The Hall–Kier alpha value is -8.90. The lowest BCUT2D eigenvalue weighted by molar-refractivity contribution is 0.00580. The van der Waals surface area contributed by atoms with Gasteiger partial charge in [0.15, 0.2) is 0 Å². The number of aryl methyl sites for hydroxylation is 2. The van der Waals surface area contributed by atoms with Gasteiger partial charge in [0.2, 0.25) is 0 Å². The standard InChI is InChI=1S/C27H30N2O4S.C23H27BrN2O4.C22H20N2O5S/c1-18-7-9-20(29-11-13-32-14-12-29)17-22(18)25(30)28-23-16-19(24-6-5-15-34-24)8-10-21(23)26(31)33-27(2,3)4;1-15-5-7-17(26-9-11-29-12-10-26)14-19(15)21(27)25-20-13-16(24)6-8-18(20)22(28)30-23(2,3)4;25-19-6-4-15(24-7-9-29-10-8-24)13-17(19)21(26)23-18-12-14(20-2-1-11-30-20)3-5-16(18)22(27)28/h5-10,15-17H,11-14H2,1-4H3,(H,28,30);5-8,13-14H,9-12H2,1-4H3,(H,25,27);1-6,11-13,25H,7-10H2,(H,23,26)(H,27,28). The van der Waals surface area contributed by atoms with Crippen molar-refractivity contribution >= 4 is 108 Å². The number of aromatic carboxylic acids is 1. The number of carbonyl (C=O) groups is 6. The fourth-order valence-electron chi connectivity index (χ4n) is 10.4. The Morgan fingerprint density at radius 1 is 0.457 bits per heavy atom. The highest BCUT2D eigenvalue weighted by atomic mass is 79.9. The molecule has 0 radical (unpaired) electrons. The number of phenols is 1. The minimum Gasteiger partial charge on any atom is -0.507 e. The number of carboxylic acids is 1. The zero-order valence-corrected chi connectivity index (χ0v) is 57.0. The number of nitrogens with one attached hydrogen (secondary N) is 3. The number of phenolic OH excluding ortho intramolecular Hbond substituents is 1. The number of hydrogen-bond donors (Lipinski definition) is 5. The molecule has 5 N–H and O–H groups in total. The van der Waals surface area contributed by atoms with E-state index in [1.54, 1.807) is 59.9 Å². The molecule has 5 heterocycles. The van der Waals surface area contributed by atoms with Gasteiger partial charge in [0.1, 0.15) is 17.0 Å². The van der Waals surface area contributed by atoms with E-state index in [9.17, 15) is 39.0 Å². The van der Waals surface area contributed by atoms with Gasteiger partial charge in [0.05, 0.1) is 79.0 Å². The van der Waals surface area contributed by atoms with Crippen LogP contribution < -0.4 is 30.7 Å². The van der Waals surface area contributed by atoms with Gasteiger partial charge in [0, 0.05) is 81.7 Å². The number of amides is 3. The molecule has 19 nitrogen and oxygen atoms in total. The van der Waals surface area contributed by atoms with Crippen molar-refractivity contribution in [3.8, 4) is 26.6 Å². The molecule has 0 saturated carbocycles. The van der Waals surface area contributed by atoms with E-state index < -0.39 is 35.0 Å². The molecule has 22 heteroatoms. The first-order valence-electron chi connectivity index (χ1n) is 30.7. The number of ether oxygens (including phenoxy) is 5. The van der Waals surface area contributed by atoms with Crippen LogP contribution in [-0.2, 0) is 23.7 Å². The van der Waals surface area contributed by atoms with Crippen molar-refractivity contribution in [3.63, 3.8) is 0 Å². The number of rotatable bonds is 14. The molecule has 0 atom stereocenters. The topological polar surface area (TPSA) is 235 Å². The third-order valence-electron chi connectivity index (χ3n) is 15.1. The molecule has 3 aliphatic rings. The van der Waals surface area contributed by atoms with E-state index in [1.165, 1.54) is 23.5 Å². The quantitative estimate of drug-likeness (QED) is 0.0637. The first-order valence-corrected chi connectivity index (χ1v) is 33.2. The number of halogens is 1. The van der Waals surface area contributed by atoms with Gasteiger partial charge in [-0.25, -0.2) is 14.4 Å². The molecule has 2 aromatic heterocycles. The second-order valence-corrected chi connectivity index (χ2v) is 27.1. The van der Waals surface area contributed by atoms with Gasteiger partial charge in [-0.2, -0.15) is 0 Å². The van der Waals surface area contributed by atoms with Crippen LogP contribution in [0.4, 0.5) is 34.1 Å². The van der Waals surface area contributed by atoms with Gasteiger partial charge >= 0.3 is 17.9 Å². The molecule has 0 bridgehead atoms. The number of morpholine rings is 3. The zero-order valence-electron chi connectivity index (χ0n) is 53.8. The normalized spacial score (nSPS) is 14.1. The van der Waals surface area contributed by atoms with Crippen molar-refractivity contribution in [2.75, 3.05) is 110 Å². The molecule has 0 aliphatic carbocycles. The summed E-state index contributed by atoms with van der Waals surface area (Å²) >= 11 is 6.53. The van der Waals surface area contributed by atoms with Crippen LogP contribution >= 0.6 is 38.6 Å². The SMILES string of the molecule is Cc1ccc(N2CCOCC2)cc1C(=O)Nc1cc(-c2cccs2)ccc1C(=O)OC(C)(C)C.Cc1ccc(N2CCOCC2)cc1C(=O)Nc1cc(Br)ccc1C(=O)OC(C)(C)C.O=C(Nc1cc(-c2cccs2)ccc1C(=O)O)c1cc(N2CCOCC2)ccc1O. The van der Waals surface area contributed by atoms with Crippen LogP contribution in [0.5, 0.6) is 5.75 Å². The van der Waals surface area contributed by atoms with Crippen molar-refractivity contribution in [2.24, 2.45) is 0 Å². The largest absolute Gasteiger partial charge is 0.507 e. The molecule has 3 aliphatic heterocycles. The van der Waals surface area contributed by atoms with Crippen molar-refractivity contribution in [1.82, 2.24) is 0 Å². The first kappa shape index (κ1) is 69.4. The summed E-state index contributed by atoms with van der Waals surface area (Å²) in [6.45, 7) is 23.1. The Morgan fingerprint density at radius 2 is 0.819 bits per heavy atom. The number of carboxylic acid groups (broad SMARTS) is 1. The predicted molar refractivity (Wildman–Crippen MR) is 374 cm³/mol. The molecular weight excluding hydrogens is 1300 g/mol. The third-order valence-corrected chi connectivity index (χ3v) is 17.5. The summed E-state index contributed by atoms with van der Waals surface area (Å²) in [4.78, 5) is 85.2. The monoisotopic (exact) mass is 1380 g/mol. The smallest absolute Gasteiger partial charge is 0.340 e. The molecule has 3 saturated heterocycles. The number of nitrogens with zero attached hydrogens (tertiary/aromatic N) is 3. The molecule has 3 fully saturated rings. The lowest BCUT2D eigenvalue weighted by Gasteiger charge is -2.29. The van der Waals surface area contributed by atoms with Gasteiger partial charge in [-0.15, -0.1) is 22.7 Å². The van der Waals surface area contributed by atoms with Crippen LogP contribution in [0, 0.1) is 13.8 Å². The molecule has 11 rings (SSSR count). The third kappa shape index (κ3) is 18.7. The van der Waals surface area contributed by atoms with Crippen molar-refractivity contribution in [1.29, 1.82) is 0 Å². The number of hydrogen-bond acceptors (Lipinski definition) is 17. The second kappa shape index (κ2) is 31.4. The Balaban J connectivity index is 0.000000166. The molecule has 0 unspecified atom stereocenters. The summed E-state index contributed by atoms with van der Waals surface area (Å²) in [6.07, 6.45) is 0. The lowest BCUT2D eigenvalue weighted by atomic mass is 10.0. The van der Waals surface area contributed by atoms with Gasteiger partial charge < -0.3 is 64.5 Å². The van der Waals surface area contributed by atoms with Crippen LogP contribution in [-0.4, -0.2) is 136 Å². The minimum atomic E-state index is -1.14. The summed E-state index contributed by atoms with van der Waals surface area (Å²) < 4.78 is 28.1. The van der Waals surface area contributed by atoms with E-state index in [-0.39, 0.29) is 34.4 Å². The molecule has 492 valence electrons. The number of anilines is 6. The van der Waals surface area contributed by atoms with E-state index in [0.29, 0.717) is 86.4 Å². The first-order chi connectivity index (χ1) is 44.9. The highest BCUT2D eigenvalue weighted by molar-refractivity contribution is 9.10. The Bertz CT molecular complexity index is 4020. The van der Waals surface area contributed by atoms with Gasteiger partial charge in [-0.05, 0) is 185 Å². The number of carbonyl (C=O) groups excluding carboxylic acids is 5. The Morgan fingerprint density at radius 3 is 1.21 bits per heavy atom. The van der Waals surface area contributed by atoms with Crippen LogP contribution in [0.2, 0.25) is 0 Å². The maximum Gasteiger partial charge on any atom is 0.340 e. The summed E-state index contributed by atoms with van der Waals surface area (Å²) in [6, 6.07) is 39.7. The van der Waals surface area contributed by atoms with Crippen molar-refractivity contribution in [2.45, 2.75) is 66.6 Å². The summed E-state index contributed by atoms with van der Waals surface area (Å²) in [5.74, 6) is -3.38. The molecule has 6 aromatic carbocycles. The van der Waals surface area contributed by atoms with Crippen LogP contribution in [0.3, 0.4) is 0 Å². The maximum absolute atomic E-state index is 13.4. The van der Waals surface area contributed by atoms with E-state index in [0.717, 1.165) is 79.7 Å². The van der Waals surface area contributed by atoms with E-state index in [1.807, 2.05) is 139 Å². The van der Waals surface area contributed by atoms with Crippen molar-refractivity contribution < 1.29 is 62.7 Å². The maximum atomic E-state index is 13.4. The molecule has 3 amide bonds. The lowest BCUT2D eigenvalue weighted by Crippen LogP contribution is -2.36. The minimum absolute atomic E-state index is 0.0209. The van der Waals surface area contributed by atoms with Crippen LogP contribution in [0.15, 0.2) is 149 Å². The molecular formula is C72H77BrN6O13S2. The number of thiophene rings is 2. The Labute approximate surface area is 563 Å². The van der Waals surface area contributed by atoms with Gasteiger partial charge in [-0.1, -0.05) is 52.3 Å². The highest BCUT2D eigenvalue weighted by Crippen LogP contribution is 2.35. The summed E-state index contributed by atoms with van der Waals surface area (Å²) in [7, 11) is 0. The number of benzene rings is 6. The predicted octanol–water partition coefficient (Wildman–Crippen LogP) is 14.5. The highest BCUT2D eigenvalue weighted by Gasteiger charge is 2.27. The Kier molecular flexibility index (Phi) is 23.2. The average Bonchev–Trinajstić information content (AvgIpc) is 0.912. The fraction of sp³-hybridized carbons (Fsp3) is 0.306. The molecule has 0 spiro atoms. The summed E-state index contributed by atoms with van der Waals surface area (Å²) in [5, 5.41) is 32.2. The van der Waals surface area contributed by atoms with Crippen molar-refractivity contribution in [3.05, 3.63) is 193 Å². The van der Waals surface area contributed by atoms with E-state index in [4.69, 9.17) is 23.7 Å². The number of esters is 2. The fourth-order valence-corrected chi connectivity index (χ4v) is 12.2. The van der Waals surface area contributed by atoms with Crippen LogP contribution in [0.25, 0.3) is 20.9 Å². The van der Waals surface area contributed by atoms with E-state index >= 15 is 0 Å². The average molecular weight is 1380 g/mol. The van der Waals surface area contributed by atoms with Gasteiger partial charge in [0.25, 0.3) is 17.7 Å². The summed E-state index contributed by atoms with van der Waals surface area (Å²) in [5.41, 5.74) is 7.78. The zero-order chi connectivity index (χ0) is 67.3. The molecule has 94 heavy (non-hydrogen) atoms. The van der Waals surface area contributed by atoms with Gasteiger partial charge in [-0.3, -0.25) is 14.4 Å². The second-order valence-electron chi connectivity index (χ2n) is 24.3. The number of aromatic hydroxyl groups is 1. The van der Waals surface area contributed by atoms with Crippen LogP contribution in [0.1, 0.15) is 115 Å². The molecule has 8 aromatic rings. The van der Waals surface area contributed by atoms with E-state index in [2.05, 4.69) is 46.6 Å².